The second-order valence-corrected chi connectivity index (χ2v) is 13.0. The molecule has 1 fully saturated rings. The molecule has 5 atom stereocenters. The zero-order valence-electron chi connectivity index (χ0n) is 28.8. The Bertz CT molecular complexity index is 1540. The third kappa shape index (κ3) is 9.83. The van der Waals surface area contributed by atoms with Crippen LogP contribution >= 0.6 is 0 Å². The first-order valence-corrected chi connectivity index (χ1v) is 16.2. The zero-order valence-corrected chi connectivity index (χ0v) is 28.8. The maximum Gasteiger partial charge on any atom is 0.410 e. The van der Waals surface area contributed by atoms with Crippen LogP contribution in [0.5, 0.6) is 0 Å². The first-order chi connectivity index (χ1) is 22.7. The number of ether oxygens (including phenoxy) is 2. The van der Waals surface area contributed by atoms with Crippen molar-refractivity contribution in [1.82, 2.24) is 25.3 Å². The molecule has 0 spiro atoms. The molecule has 0 radical (unpaired) electrons. The van der Waals surface area contributed by atoms with Crippen molar-refractivity contribution in [2.24, 2.45) is 5.11 Å². The van der Waals surface area contributed by atoms with E-state index in [1.807, 2.05) is 49.4 Å². The van der Waals surface area contributed by atoms with Crippen LogP contribution < -0.4 is 15.5 Å². The van der Waals surface area contributed by atoms with Crippen molar-refractivity contribution < 1.29 is 33.4 Å². The van der Waals surface area contributed by atoms with Crippen LogP contribution in [-0.2, 0) is 35.1 Å². The van der Waals surface area contributed by atoms with Gasteiger partial charge in [-0.25, -0.2) is 9.59 Å². The van der Waals surface area contributed by atoms with Gasteiger partial charge in [-0.1, -0.05) is 62.2 Å². The average Bonchev–Trinajstić information content (AvgIpc) is 3.47. The molecule has 14 nitrogen and oxygen atoms in total. The molecule has 2 aromatic carbocycles. The summed E-state index contributed by atoms with van der Waals surface area (Å²) in [6.07, 6.45) is 1.31. The molecule has 260 valence electrons. The van der Waals surface area contributed by atoms with E-state index in [9.17, 15) is 24.0 Å². The Balaban J connectivity index is 1.83. The Morgan fingerprint density at radius 1 is 1.08 bits per heavy atom. The number of esters is 1. The number of nitrogens with zero attached hydrogens (tertiary/aromatic N) is 4. The van der Waals surface area contributed by atoms with Gasteiger partial charge >= 0.3 is 12.1 Å². The number of carbonyl (C=O) groups is 5. The maximum absolute atomic E-state index is 14.1. The summed E-state index contributed by atoms with van der Waals surface area (Å²) in [5, 5.41) is 11.4. The molecule has 1 aliphatic rings. The van der Waals surface area contributed by atoms with Crippen molar-refractivity contribution in [1.29, 1.82) is 5.53 Å². The van der Waals surface area contributed by atoms with Crippen LogP contribution in [0.1, 0.15) is 65.9 Å². The van der Waals surface area contributed by atoms with Gasteiger partial charge in [0.2, 0.25) is 22.6 Å². The van der Waals surface area contributed by atoms with Gasteiger partial charge in [0, 0.05) is 20.0 Å². The fourth-order valence-corrected chi connectivity index (χ4v) is 5.55. The van der Waals surface area contributed by atoms with Crippen molar-refractivity contribution in [2.45, 2.75) is 103 Å². The van der Waals surface area contributed by atoms with Crippen LogP contribution in [0, 0.1) is 5.53 Å². The van der Waals surface area contributed by atoms with Crippen LogP contribution in [0.2, 0.25) is 0 Å². The van der Waals surface area contributed by atoms with E-state index in [4.69, 9.17) is 15.0 Å². The minimum atomic E-state index is -1.20. The minimum Gasteiger partial charge on any atom is -0.467 e. The summed E-state index contributed by atoms with van der Waals surface area (Å²) in [6, 6.07) is 8.41. The monoisotopic (exact) mass is 666 g/mol. The Morgan fingerprint density at radius 2 is 1.77 bits per heavy atom. The van der Waals surface area contributed by atoms with E-state index < -0.39 is 65.6 Å². The molecule has 0 aromatic heterocycles. The van der Waals surface area contributed by atoms with Crippen LogP contribution in [0.4, 0.5) is 4.79 Å². The third-order valence-electron chi connectivity index (χ3n) is 8.28. The molecule has 0 bridgehead atoms. The number of fused-ring (bicyclic) bond motifs is 1. The quantitative estimate of drug-likeness (QED) is 0.166. The Morgan fingerprint density at radius 3 is 2.40 bits per heavy atom. The average molecular weight is 667 g/mol. The maximum atomic E-state index is 14.1. The molecule has 48 heavy (non-hydrogen) atoms. The van der Waals surface area contributed by atoms with E-state index in [-0.39, 0.29) is 25.8 Å². The lowest BCUT2D eigenvalue weighted by atomic mass is 10.0. The molecular weight excluding hydrogens is 618 g/mol. The smallest absolute Gasteiger partial charge is 0.410 e. The summed E-state index contributed by atoms with van der Waals surface area (Å²) in [4.78, 5) is 72.4. The zero-order chi connectivity index (χ0) is 35.6. The Labute approximate surface area is 281 Å². The van der Waals surface area contributed by atoms with Gasteiger partial charge in [0.25, 0.3) is 0 Å². The second-order valence-electron chi connectivity index (χ2n) is 13.0. The first-order valence-electron chi connectivity index (χ1n) is 16.2. The topological polar surface area (TPSA) is 185 Å². The molecule has 0 aliphatic carbocycles. The van der Waals surface area contributed by atoms with Gasteiger partial charge in [0.15, 0.2) is 6.04 Å². The van der Waals surface area contributed by atoms with E-state index in [1.54, 1.807) is 20.8 Å². The lowest BCUT2D eigenvalue weighted by Gasteiger charge is -2.32. The van der Waals surface area contributed by atoms with Crippen molar-refractivity contribution in [3.05, 3.63) is 48.0 Å². The van der Waals surface area contributed by atoms with Crippen LogP contribution in [0.25, 0.3) is 10.8 Å². The fourth-order valence-electron chi connectivity index (χ4n) is 5.55. The van der Waals surface area contributed by atoms with Gasteiger partial charge in [-0.2, -0.15) is 0 Å². The van der Waals surface area contributed by atoms with E-state index in [1.165, 1.54) is 26.0 Å². The van der Waals surface area contributed by atoms with E-state index in [0.29, 0.717) is 6.42 Å². The summed E-state index contributed by atoms with van der Waals surface area (Å²) in [5.41, 5.74) is 7.35. The van der Waals surface area contributed by atoms with Crippen LogP contribution in [0.15, 0.2) is 47.6 Å². The predicted octanol–water partition coefficient (Wildman–Crippen LogP) is 3.49. The van der Waals surface area contributed by atoms with Crippen molar-refractivity contribution in [3.63, 3.8) is 0 Å². The number of likely N-dealkylation sites (tertiary alicyclic amines) is 1. The summed E-state index contributed by atoms with van der Waals surface area (Å²) in [5.74, 6) is -2.41. The van der Waals surface area contributed by atoms with Crippen molar-refractivity contribution in [3.8, 4) is 0 Å². The molecule has 0 unspecified atom stereocenters. The lowest BCUT2D eigenvalue weighted by Crippen LogP contribution is -2.59. The van der Waals surface area contributed by atoms with Crippen molar-refractivity contribution >= 4 is 40.6 Å². The molecular formula is C34H48N7O7+. The van der Waals surface area contributed by atoms with Gasteiger partial charge in [0.05, 0.1) is 7.11 Å². The number of hydrogen-bond donors (Lipinski definition) is 3. The molecule has 4 amide bonds. The lowest BCUT2D eigenvalue weighted by molar-refractivity contribution is -0.147. The summed E-state index contributed by atoms with van der Waals surface area (Å²) >= 11 is 0. The Kier molecular flexibility index (Phi) is 13.2. The van der Waals surface area contributed by atoms with E-state index >= 15 is 0 Å². The minimum absolute atomic E-state index is 0.111. The predicted molar refractivity (Wildman–Crippen MR) is 178 cm³/mol. The van der Waals surface area contributed by atoms with Crippen LogP contribution in [-0.4, -0.2) is 96.1 Å². The van der Waals surface area contributed by atoms with Gasteiger partial charge in [-0.15, -0.1) is 0 Å². The Hall–Kier alpha value is -4.84. The van der Waals surface area contributed by atoms with Crippen molar-refractivity contribution in [2.75, 3.05) is 20.7 Å². The van der Waals surface area contributed by atoms with E-state index in [0.717, 1.165) is 27.7 Å². The number of carbonyl (C=O) groups excluding carboxylic acids is 5. The number of benzene rings is 2. The number of unbranched alkanes of at least 4 members (excludes halogenated alkanes) is 1. The highest BCUT2D eigenvalue weighted by atomic mass is 16.6. The van der Waals surface area contributed by atoms with Gasteiger partial charge in [0.1, 0.15) is 40.4 Å². The number of hydrogen-bond acceptors (Lipinski definition) is 9. The van der Waals surface area contributed by atoms with Crippen LogP contribution in [0.3, 0.4) is 0 Å². The summed E-state index contributed by atoms with van der Waals surface area (Å²) < 4.78 is 10.4. The molecule has 1 saturated heterocycles. The molecule has 1 aliphatic heterocycles. The largest absolute Gasteiger partial charge is 0.467 e. The normalized spacial score (nSPS) is 17.8. The number of rotatable bonds is 13. The molecule has 1 heterocycles. The number of likely N-dealkylation sites (N-methyl/N-ethyl adjacent to an activating group) is 1. The highest BCUT2D eigenvalue weighted by Crippen LogP contribution is 2.24. The molecule has 14 heteroatoms. The fraction of sp³-hybridized carbons (Fsp3) is 0.559. The highest BCUT2D eigenvalue weighted by molar-refractivity contribution is 5.95. The van der Waals surface area contributed by atoms with Gasteiger partial charge < -0.3 is 25.0 Å². The standard InChI is InChI=1S/C34H47N7O7/c1-8-9-14-26(36-29(42)21(2)40(6)33(46)48-34(3,4)5)31(44)41-18-17-25(38-39-35)28(41)30(43)37-27(32(45)47-7)20-22-15-16-23-12-10-11-13-24(23)19-22/h10-13,15-16,19,21,25-28,35H,8-9,14,17-18,20H2,1-7H3,(H-,36,37,42,43)/p+1/t21-,25+,26+,27-,28-/m0/s1. The number of amides is 4. The summed E-state index contributed by atoms with van der Waals surface area (Å²) in [7, 11) is 2.67. The second kappa shape index (κ2) is 16.8. The summed E-state index contributed by atoms with van der Waals surface area (Å²) in [6.45, 7) is 8.74. The molecule has 3 rings (SSSR count). The third-order valence-corrected chi connectivity index (χ3v) is 8.28. The molecule has 0 saturated carbocycles. The SMILES string of the molecule is CCCC[C@@H](NC(=O)[C@H](C)N(C)C(=O)OC(C)(C)C)C(=O)N1CC[C@@H](N=[N+]=N)[C@H]1C(=O)N[C@@H](Cc1ccc2ccccc2c1)C(=O)OC. The first kappa shape index (κ1) is 37.6. The molecule has 2 aromatic rings. The number of nitrogens with one attached hydrogen (secondary N) is 3. The molecule has 3 N–H and O–H groups in total. The van der Waals surface area contributed by atoms with Gasteiger partial charge in [-0.3, -0.25) is 19.3 Å². The van der Waals surface area contributed by atoms with Gasteiger partial charge in [-0.05, 0) is 56.9 Å². The highest BCUT2D eigenvalue weighted by Gasteiger charge is 2.47. The van der Waals surface area contributed by atoms with E-state index in [2.05, 4.69) is 20.7 Å². The number of methoxy groups -OCH3 is 1.